The van der Waals surface area contributed by atoms with Gasteiger partial charge >= 0.3 is 5.97 Å². The van der Waals surface area contributed by atoms with Gasteiger partial charge in [-0.3, -0.25) is 9.59 Å². The molecule has 3 rings (SSSR count). The fourth-order valence-corrected chi connectivity index (χ4v) is 4.23. The molecule has 0 unspecified atom stereocenters. The molecule has 0 fully saturated rings. The molecule has 1 aromatic carbocycles. The number of fused-ring (bicyclic) bond motifs is 1. The maximum absolute atomic E-state index is 12.7. The van der Waals surface area contributed by atoms with Crippen LogP contribution in [0.5, 0.6) is 0 Å². The molecule has 0 atom stereocenters. The van der Waals surface area contributed by atoms with E-state index in [-0.39, 0.29) is 11.5 Å². The monoisotopic (exact) mass is 442 g/mol. The normalized spacial score (nSPS) is 11.1. The van der Waals surface area contributed by atoms with E-state index in [2.05, 4.69) is 29.0 Å². The third-order valence-electron chi connectivity index (χ3n) is 5.13. The Labute approximate surface area is 184 Å². The third-order valence-corrected chi connectivity index (χ3v) is 6.33. The smallest absolute Gasteiger partial charge is 0.338 e. The summed E-state index contributed by atoms with van der Waals surface area (Å²) in [6.45, 7) is 8.72. The summed E-state index contributed by atoms with van der Waals surface area (Å²) in [7, 11) is 1.63. The average Bonchev–Trinajstić information content (AvgIpc) is 3.11. The van der Waals surface area contributed by atoms with Gasteiger partial charge in [-0.15, -0.1) is 11.3 Å². The number of carbonyl (C=O) groups is 2. The number of thiophene rings is 1. The van der Waals surface area contributed by atoms with Crippen molar-refractivity contribution in [3.05, 3.63) is 57.0 Å². The largest absolute Gasteiger partial charge is 0.461 e. The number of hydrogen-bond donors (Lipinski definition) is 1. The number of esters is 1. The maximum Gasteiger partial charge on any atom is 0.338 e. The van der Waals surface area contributed by atoms with Crippen LogP contribution in [0.1, 0.15) is 39.4 Å². The number of likely N-dealkylation sites (N-methyl/N-ethyl adjacent to an activating group) is 1. The molecule has 2 heterocycles. The molecule has 0 radical (unpaired) electrons. The SMILES string of the molecule is CCN(CC)CCOC(=O)c1ccc(NC(=O)c2sc3ncn(C)c(=O)c3c2C)cc1. The number of carbonyl (C=O) groups excluding carboxylic acids is 2. The highest BCUT2D eigenvalue weighted by Crippen LogP contribution is 2.27. The van der Waals surface area contributed by atoms with Crippen molar-refractivity contribution in [3.63, 3.8) is 0 Å². The molecule has 0 aliphatic heterocycles. The number of nitrogens with zero attached hydrogens (tertiary/aromatic N) is 3. The summed E-state index contributed by atoms with van der Waals surface area (Å²) in [5, 5.41) is 3.27. The van der Waals surface area contributed by atoms with Crippen molar-refractivity contribution in [2.24, 2.45) is 7.05 Å². The lowest BCUT2D eigenvalue weighted by molar-refractivity contribution is 0.0466. The van der Waals surface area contributed by atoms with Crippen molar-refractivity contribution in [1.29, 1.82) is 0 Å². The van der Waals surface area contributed by atoms with Crippen LogP contribution in [-0.2, 0) is 11.8 Å². The summed E-state index contributed by atoms with van der Waals surface area (Å²) >= 11 is 1.18. The Morgan fingerprint density at radius 3 is 2.52 bits per heavy atom. The number of ether oxygens (including phenoxy) is 1. The van der Waals surface area contributed by atoms with Crippen LogP contribution in [-0.4, -0.2) is 52.6 Å². The summed E-state index contributed by atoms with van der Waals surface area (Å²) in [5.74, 6) is -0.718. The van der Waals surface area contributed by atoms with E-state index < -0.39 is 5.97 Å². The van der Waals surface area contributed by atoms with Gasteiger partial charge in [-0.05, 0) is 49.8 Å². The van der Waals surface area contributed by atoms with E-state index in [1.165, 1.54) is 22.2 Å². The van der Waals surface area contributed by atoms with E-state index in [1.807, 2.05) is 0 Å². The topological polar surface area (TPSA) is 93.5 Å². The Morgan fingerprint density at radius 1 is 1.19 bits per heavy atom. The number of aryl methyl sites for hydroxylation is 2. The summed E-state index contributed by atoms with van der Waals surface area (Å²) in [6.07, 6.45) is 1.45. The van der Waals surface area contributed by atoms with Crippen LogP contribution < -0.4 is 10.9 Å². The second-order valence-electron chi connectivity index (χ2n) is 7.09. The zero-order valence-electron chi connectivity index (χ0n) is 18.1. The molecular formula is C22H26N4O4S. The zero-order valence-corrected chi connectivity index (χ0v) is 18.9. The molecule has 31 heavy (non-hydrogen) atoms. The Morgan fingerprint density at radius 2 is 1.87 bits per heavy atom. The van der Waals surface area contributed by atoms with Crippen LogP contribution in [0.4, 0.5) is 5.69 Å². The zero-order chi connectivity index (χ0) is 22.5. The van der Waals surface area contributed by atoms with Crippen LogP contribution in [0.15, 0.2) is 35.4 Å². The van der Waals surface area contributed by atoms with E-state index >= 15 is 0 Å². The van der Waals surface area contributed by atoms with Crippen molar-refractivity contribution in [3.8, 4) is 0 Å². The Bertz CT molecular complexity index is 1150. The lowest BCUT2D eigenvalue weighted by Gasteiger charge is -2.17. The molecule has 0 saturated carbocycles. The Hall–Kier alpha value is -3.04. The molecule has 164 valence electrons. The van der Waals surface area contributed by atoms with Gasteiger partial charge in [0.15, 0.2) is 0 Å². The predicted octanol–water partition coefficient (Wildman–Crippen LogP) is 3.05. The quantitative estimate of drug-likeness (QED) is 0.539. The molecule has 0 aliphatic rings. The van der Waals surface area contributed by atoms with Gasteiger partial charge in [0.05, 0.1) is 22.2 Å². The van der Waals surface area contributed by atoms with E-state index in [1.54, 1.807) is 38.2 Å². The van der Waals surface area contributed by atoms with E-state index in [4.69, 9.17) is 4.74 Å². The molecule has 1 N–H and O–H groups in total. The summed E-state index contributed by atoms with van der Waals surface area (Å²) in [6, 6.07) is 6.53. The molecule has 8 nitrogen and oxygen atoms in total. The van der Waals surface area contributed by atoms with Crippen LogP contribution >= 0.6 is 11.3 Å². The van der Waals surface area contributed by atoms with Crippen LogP contribution in [0.25, 0.3) is 10.2 Å². The van der Waals surface area contributed by atoms with Gasteiger partial charge in [-0.1, -0.05) is 13.8 Å². The Balaban J connectivity index is 1.66. The van der Waals surface area contributed by atoms with Crippen molar-refractivity contribution in [1.82, 2.24) is 14.5 Å². The lowest BCUT2D eigenvalue weighted by Crippen LogP contribution is -2.27. The van der Waals surface area contributed by atoms with Gasteiger partial charge in [-0.25, -0.2) is 9.78 Å². The van der Waals surface area contributed by atoms with Crippen molar-refractivity contribution >= 4 is 39.1 Å². The van der Waals surface area contributed by atoms with E-state index in [0.29, 0.717) is 45.1 Å². The molecule has 0 spiro atoms. The number of amides is 1. The van der Waals surface area contributed by atoms with E-state index in [0.717, 1.165) is 13.1 Å². The molecule has 1 amide bonds. The predicted molar refractivity (Wildman–Crippen MR) is 122 cm³/mol. The first-order valence-corrected chi connectivity index (χ1v) is 10.9. The number of anilines is 1. The number of benzene rings is 1. The summed E-state index contributed by atoms with van der Waals surface area (Å²) in [4.78, 5) is 44.7. The van der Waals surface area contributed by atoms with Gasteiger partial charge in [0.2, 0.25) is 0 Å². The van der Waals surface area contributed by atoms with Gasteiger partial charge in [-0.2, -0.15) is 0 Å². The van der Waals surface area contributed by atoms with Gasteiger partial charge in [0, 0.05) is 19.3 Å². The number of hydrogen-bond acceptors (Lipinski definition) is 7. The van der Waals surface area contributed by atoms with Crippen LogP contribution in [0, 0.1) is 6.92 Å². The maximum atomic E-state index is 12.7. The molecule has 0 saturated heterocycles. The van der Waals surface area contributed by atoms with Crippen molar-refractivity contribution in [2.45, 2.75) is 20.8 Å². The minimum absolute atomic E-state index is 0.179. The molecule has 9 heteroatoms. The highest BCUT2D eigenvalue weighted by Gasteiger charge is 2.19. The summed E-state index contributed by atoms with van der Waals surface area (Å²) in [5.41, 5.74) is 1.40. The molecule has 0 aliphatic carbocycles. The molecule has 0 bridgehead atoms. The second kappa shape index (κ2) is 9.84. The highest BCUT2D eigenvalue weighted by molar-refractivity contribution is 7.20. The van der Waals surface area contributed by atoms with Crippen molar-refractivity contribution < 1.29 is 14.3 Å². The first-order chi connectivity index (χ1) is 14.8. The highest BCUT2D eigenvalue weighted by atomic mass is 32.1. The van der Waals surface area contributed by atoms with Gasteiger partial charge in [0.1, 0.15) is 11.4 Å². The van der Waals surface area contributed by atoms with E-state index in [9.17, 15) is 14.4 Å². The molecule has 2 aromatic heterocycles. The van der Waals surface area contributed by atoms with Gasteiger partial charge in [0.25, 0.3) is 11.5 Å². The fourth-order valence-electron chi connectivity index (χ4n) is 3.19. The number of nitrogens with one attached hydrogen (secondary N) is 1. The average molecular weight is 443 g/mol. The van der Waals surface area contributed by atoms with Gasteiger partial charge < -0.3 is 19.5 Å². The standard InChI is InChI=1S/C22H26N4O4S/c1-5-26(6-2)11-12-30-22(29)15-7-9-16(10-8-15)24-19(27)18-14(3)17-20(31-18)23-13-25(4)21(17)28/h7-10,13H,5-6,11-12H2,1-4H3,(H,24,27). The molecule has 3 aromatic rings. The fraction of sp³-hybridized carbons (Fsp3) is 0.364. The van der Waals surface area contributed by atoms with Crippen LogP contribution in [0.2, 0.25) is 0 Å². The minimum Gasteiger partial charge on any atom is -0.461 e. The van der Waals surface area contributed by atoms with Crippen molar-refractivity contribution in [2.75, 3.05) is 31.6 Å². The molecular weight excluding hydrogens is 416 g/mol. The Kier molecular flexibility index (Phi) is 7.19. The lowest BCUT2D eigenvalue weighted by atomic mass is 10.2. The first-order valence-electron chi connectivity index (χ1n) is 10.1. The first kappa shape index (κ1) is 22.6. The summed E-state index contributed by atoms with van der Waals surface area (Å²) < 4.78 is 6.71. The number of aromatic nitrogens is 2. The minimum atomic E-state index is -0.396. The number of rotatable bonds is 8. The third kappa shape index (κ3) is 5.00. The second-order valence-corrected chi connectivity index (χ2v) is 8.09. The van der Waals surface area contributed by atoms with Crippen LogP contribution in [0.3, 0.4) is 0 Å².